The number of rotatable bonds is 5. The van der Waals surface area contributed by atoms with Crippen molar-refractivity contribution in [2.45, 2.75) is 0 Å². The first-order valence-corrected chi connectivity index (χ1v) is 6.53. The van der Waals surface area contributed by atoms with Crippen molar-refractivity contribution in [1.29, 1.82) is 0 Å². The van der Waals surface area contributed by atoms with Crippen molar-refractivity contribution in [1.82, 2.24) is 0 Å². The van der Waals surface area contributed by atoms with Crippen LogP contribution in [0.2, 0.25) is 0 Å². The lowest BCUT2D eigenvalue weighted by molar-refractivity contribution is 0.0901. The summed E-state index contributed by atoms with van der Waals surface area (Å²) in [5.41, 5.74) is 0.606. The van der Waals surface area contributed by atoms with Gasteiger partial charge in [-0.05, 0) is 35.9 Å². The van der Waals surface area contributed by atoms with E-state index in [2.05, 4.69) is 10.2 Å². The number of aliphatic hydroxyl groups is 1. The number of hydrogen-bond acceptors (Lipinski definition) is 6. The van der Waals surface area contributed by atoms with Crippen LogP contribution >= 0.6 is 0 Å². The third-order valence-corrected chi connectivity index (χ3v) is 2.92. The number of phenols is 2. The van der Waals surface area contributed by atoms with Gasteiger partial charge in [0.25, 0.3) is 0 Å². The zero-order chi connectivity index (χ0) is 16.8. The lowest BCUT2D eigenvalue weighted by Crippen LogP contribution is -2.05. The van der Waals surface area contributed by atoms with Crippen molar-refractivity contribution in [2.75, 3.05) is 6.61 Å². The Bertz CT molecular complexity index is 788. The maximum absolute atomic E-state index is 13.4. The van der Waals surface area contributed by atoms with Gasteiger partial charge in [-0.2, -0.15) is 10.2 Å². The van der Waals surface area contributed by atoms with Gasteiger partial charge in [0, 0.05) is 11.6 Å². The Morgan fingerprint density at radius 2 is 1.83 bits per heavy atom. The number of phenolic OH excluding ortho intramolecular Hbond substituents is 2. The van der Waals surface area contributed by atoms with Gasteiger partial charge in [0.2, 0.25) is 0 Å². The number of carbonyl (C=O) groups excluding carboxylic acids is 1. The predicted molar refractivity (Wildman–Crippen MR) is 82.8 cm³/mol. The molecular formula is C16H13FN2O4. The second-order valence-corrected chi connectivity index (χ2v) is 4.55. The molecule has 7 heteroatoms. The van der Waals surface area contributed by atoms with Gasteiger partial charge in [0.1, 0.15) is 23.9 Å². The van der Waals surface area contributed by atoms with Gasteiger partial charge in [0.05, 0.1) is 18.0 Å². The summed E-state index contributed by atoms with van der Waals surface area (Å²) < 4.78 is 13.4. The summed E-state index contributed by atoms with van der Waals surface area (Å²) in [6.07, 6.45) is 2.48. The molecule has 6 nitrogen and oxygen atoms in total. The molecule has 0 radical (unpaired) electrons. The number of halogens is 1. The molecule has 3 N–H and O–H groups in total. The molecule has 0 unspecified atom stereocenters. The average molecular weight is 316 g/mol. The number of ketones is 1. The number of nitrogens with zero attached hydrogens (tertiary/aromatic N) is 2. The highest BCUT2D eigenvalue weighted by atomic mass is 19.1. The summed E-state index contributed by atoms with van der Waals surface area (Å²) in [4.78, 5) is 11.4. The molecule has 0 aromatic heterocycles. The normalized spacial score (nSPS) is 11.4. The zero-order valence-electron chi connectivity index (χ0n) is 11.8. The molecule has 2 aromatic carbocycles. The van der Waals surface area contributed by atoms with Crippen LogP contribution in [0.3, 0.4) is 0 Å². The van der Waals surface area contributed by atoms with Gasteiger partial charge in [-0.25, -0.2) is 4.39 Å². The van der Waals surface area contributed by atoms with Crippen LogP contribution in [0.1, 0.15) is 21.5 Å². The second-order valence-electron chi connectivity index (χ2n) is 4.55. The molecule has 118 valence electrons. The number of aliphatic hydroxyl groups excluding tert-OH is 1. The molecule has 0 atom stereocenters. The largest absolute Gasteiger partial charge is 0.508 e. The quantitative estimate of drug-likeness (QED) is 0.445. The predicted octanol–water partition coefficient (Wildman–Crippen LogP) is 1.86. The van der Waals surface area contributed by atoms with E-state index >= 15 is 0 Å². The van der Waals surface area contributed by atoms with Crippen LogP contribution in [0, 0.1) is 5.82 Å². The number of carbonyl (C=O) groups is 1. The highest BCUT2D eigenvalue weighted by Crippen LogP contribution is 2.18. The van der Waals surface area contributed by atoms with Crippen molar-refractivity contribution in [3.05, 3.63) is 58.9 Å². The topological polar surface area (TPSA) is 102 Å². The third kappa shape index (κ3) is 4.21. The minimum atomic E-state index is -0.716. The van der Waals surface area contributed by atoms with Gasteiger partial charge >= 0.3 is 0 Å². The smallest absolute Gasteiger partial charge is 0.191 e. The SMILES string of the molecule is O=C(CO)c1cc(C=NN=Cc2ccc(O)cc2F)ccc1O. The highest BCUT2D eigenvalue weighted by molar-refractivity contribution is 6.00. The minimum absolute atomic E-state index is 0.0231. The van der Waals surface area contributed by atoms with Gasteiger partial charge in [-0.15, -0.1) is 0 Å². The monoisotopic (exact) mass is 316 g/mol. The maximum Gasteiger partial charge on any atom is 0.191 e. The van der Waals surface area contributed by atoms with E-state index < -0.39 is 18.2 Å². The van der Waals surface area contributed by atoms with E-state index in [1.165, 1.54) is 42.8 Å². The van der Waals surface area contributed by atoms with Gasteiger partial charge in [-0.3, -0.25) is 4.79 Å². The summed E-state index contributed by atoms with van der Waals surface area (Å²) in [5.74, 6) is -1.68. The average Bonchev–Trinajstić information content (AvgIpc) is 2.54. The van der Waals surface area contributed by atoms with Crippen LogP contribution in [0.5, 0.6) is 11.5 Å². The molecule has 0 aliphatic carbocycles. The molecule has 0 saturated heterocycles. The van der Waals surface area contributed by atoms with Crippen LogP contribution in [0.4, 0.5) is 4.39 Å². The first kappa shape index (κ1) is 16.3. The summed E-state index contributed by atoms with van der Waals surface area (Å²) in [6.45, 7) is -0.716. The fraction of sp³-hybridized carbons (Fsp3) is 0.0625. The molecule has 0 fully saturated rings. The summed E-state index contributed by atoms with van der Waals surface area (Å²) in [5, 5.41) is 34.8. The van der Waals surface area contributed by atoms with E-state index in [1.54, 1.807) is 0 Å². The fourth-order valence-corrected chi connectivity index (χ4v) is 1.76. The molecule has 0 amide bonds. The van der Waals surface area contributed by atoms with Crippen molar-refractivity contribution in [3.63, 3.8) is 0 Å². The maximum atomic E-state index is 13.4. The van der Waals surface area contributed by atoms with Crippen molar-refractivity contribution < 1.29 is 24.5 Å². The van der Waals surface area contributed by atoms with Gasteiger partial charge in [0.15, 0.2) is 5.78 Å². The van der Waals surface area contributed by atoms with Crippen LogP contribution in [-0.2, 0) is 0 Å². The van der Waals surface area contributed by atoms with Crippen LogP contribution in [-0.4, -0.2) is 40.1 Å². The highest BCUT2D eigenvalue weighted by Gasteiger charge is 2.10. The summed E-state index contributed by atoms with van der Waals surface area (Å²) >= 11 is 0. The molecule has 0 aliphatic heterocycles. The molecule has 2 aromatic rings. The van der Waals surface area contributed by atoms with Crippen LogP contribution < -0.4 is 0 Å². The lowest BCUT2D eigenvalue weighted by Gasteiger charge is -2.02. The Balaban J connectivity index is 2.14. The molecule has 0 heterocycles. The Morgan fingerprint density at radius 3 is 2.52 bits per heavy atom. The number of benzene rings is 2. The van der Waals surface area contributed by atoms with Gasteiger partial charge in [-0.1, -0.05) is 0 Å². The zero-order valence-corrected chi connectivity index (χ0v) is 11.8. The van der Waals surface area contributed by atoms with Crippen molar-refractivity contribution in [2.24, 2.45) is 10.2 Å². The molecule has 23 heavy (non-hydrogen) atoms. The van der Waals surface area contributed by atoms with Crippen LogP contribution in [0.15, 0.2) is 46.6 Å². The molecular weight excluding hydrogens is 303 g/mol. The Kier molecular flexibility index (Phi) is 5.16. The summed E-state index contributed by atoms with van der Waals surface area (Å²) in [6, 6.07) is 7.78. The van der Waals surface area contributed by atoms with E-state index in [-0.39, 0.29) is 22.6 Å². The third-order valence-electron chi connectivity index (χ3n) is 2.92. The lowest BCUT2D eigenvalue weighted by atomic mass is 10.1. The number of hydrogen-bond donors (Lipinski definition) is 3. The Morgan fingerprint density at radius 1 is 1.09 bits per heavy atom. The second kappa shape index (κ2) is 7.28. The van der Waals surface area contributed by atoms with E-state index in [4.69, 9.17) is 10.2 Å². The molecule has 0 saturated carbocycles. The molecule has 0 bridgehead atoms. The van der Waals surface area contributed by atoms with Crippen LogP contribution in [0.25, 0.3) is 0 Å². The number of aromatic hydroxyl groups is 2. The van der Waals surface area contributed by atoms with Crippen molar-refractivity contribution >= 4 is 18.2 Å². The van der Waals surface area contributed by atoms with E-state index in [1.807, 2.05) is 0 Å². The molecule has 0 spiro atoms. The minimum Gasteiger partial charge on any atom is -0.508 e. The van der Waals surface area contributed by atoms with E-state index in [0.717, 1.165) is 6.07 Å². The first-order valence-electron chi connectivity index (χ1n) is 6.53. The Labute approximate surface area is 130 Å². The van der Waals surface area contributed by atoms with E-state index in [0.29, 0.717) is 5.56 Å². The molecule has 0 aliphatic rings. The Hall–Kier alpha value is -3.06. The summed E-state index contributed by atoms with van der Waals surface area (Å²) in [7, 11) is 0. The van der Waals surface area contributed by atoms with Gasteiger partial charge < -0.3 is 15.3 Å². The van der Waals surface area contributed by atoms with E-state index in [9.17, 15) is 14.3 Å². The first-order chi connectivity index (χ1) is 11.0. The standard InChI is InChI=1S/C16H13FN2O4/c17-14-6-12(21)3-2-11(14)8-19-18-7-10-1-4-15(22)13(5-10)16(23)9-20/h1-8,20-22H,9H2. The molecule has 2 rings (SSSR count). The fourth-order valence-electron chi connectivity index (χ4n) is 1.76. The van der Waals surface area contributed by atoms with Crippen molar-refractivity contribution in [3.8, 4) is 11.5 Å². The number of Topliss-reactive ketones (excluding diaryl/α,β-unsaturated/α-hetero) is 1.